The molecule has 0 aliphatic heterocycles. The largest absolute Gasteiger partial charge is 0.325 e. The smallest absolute Gasteiger partial charge is 0.238 e. The number of likely N-dealkylation sites (N-methyl/N-ethyl adjacent to an activating group) is 1. The van der Waals surface area contributed by atoms with Gasteiger partial charge in [-0.2, -0.15) is 10.4 Å². The quantitative estimate of drug-likeness (QED) is 0.565. The zero-order valence-corrected chi connectivity index (χ0v) is 17.2. The van der Waals surface area contributed by atoms with Crippen LogP contribution in [0.4, 0.5) is 10.1 Å². The Hall–Kier alpha value is -3.21. The first-order valence-electron chi connectivity index (χ1n) is 9.43. The molecular formula is C22H21ClFN5O. The maximum atomic E-state index is 13.0. The van der Waals surface area contributed by atoms with Crippen LogP contribution in [0, 0.1) is 17.1 Å². The molecule has 30 heavy (non-hydrogen) atoms. The SMILES string of the molecule is CN(CCCc1cc(-c2ccc(F)cc2)n[nH]1)CC(=O)Nc1ccc(C#N)c(Cl)c1. The number of amides is 1. The Morgan fingerprint density at radius 2 is 2.03 bits per heavy atom. The lowest BCUT2D eigenvalue weighted by atomic mass is 10.1. The van der Waals surface area contributed by atoms with E-state index in [1.54, 1.807) is 30.3 Å². The van der Waals surface area contributed by atoms with Crippen LogP contribution in [0.1, 0.15) is 17.7 Å². The molecular weight excluding hydrogens is 405 g/mol. The van der Waals surface area contributed by atoms with E-state index in [0.717, 1.165) is 36.3 Å². The molecule has 1 amide bonds. The lowest BCUT2D eigenvalue weighted by molar-refractivity contribution is -0.117. The number of anilines is 1. The predicted octanol–water partition coefficient (Wildman–Crippen LogP) is 4.24. The van der Waals surface area contributed by atoms with Crippen LogP contribution < -0.4 is 5.32 Å². The first kappa shape index (κ1) is 21.5. The fourth-order valence-electron chi connectivity index (χ4n) is 3.01. The number of hydrogen-bond acceptors (Lipinski definition) is 4. The van der Waals surface area contributed by atoms with Gasteiger partial charge in [0, 0.05) is 16.9 Å². The highest BCUT2D eigenvalue weighted by molar-refractivity contribution is 6.32. The van der Waals surface area contributed by atoms with Crippen LogP contribution in [-0.4, -0.2) is 41.1 Å². The summed E-state index contributed by atoms with van der Waals surface area (Å²) >= 11 is 5.98. The van der Waals surface area contributed by atoms with Crippen molar-refractivity contribution in [1.29, 1.82) is 5.26 Å². The Labute approximate surface area is 179 Å². The molecule has 1 heterocycles. The summed E-state index contributed by atoms with van der Waals surface area (Å²) in [6.07, 6.45) is 1.63. The first-order chi connectivity index (χ1) is 14.4. The van der Waals surface area contributed by atoms with Crippen LogP contribution >= 0.6 is 11.6 Å². The summed E-state index contributed by atoms with van der Waals surface area (Å²) in [4.78, 5) is 14.1. The van der Waals surface area contributed by atoms with Gasteiger partial charge in [-0.05, 0) is 75.0 Å². The summed E-state index contributed by atoms with van der Waals surface area (Å²) in [7, 11) is 1.88. The number of nitrogens with zero attached hydrogens (tertiary/aromatic N) is 3. The molecule has 0 radical (unpaired) electrons. The number of carbonyl (C=O) groups is 1. The fourth-order valence-corrected chi connectivity index (χ4v) is 3.23. The van der Waals surface area contributed by atoms with Gasteiger partial charge in [-0.1, -0.05) is 11.6 Å². The van der Waals surface area contributed by atoms with Gasteiger partial charge in [0.1, 0.15) is 11.9 Å². The number of nitrogens with one attached hydrogen (secondary N) is 2. The number of halogens is 2. The third kappa shape index (κ3) is 5.89. The van der Waals surface area contributed by atoms with Crippen molar-refractivity contribution in [3.05, 3.63) is 70.6 Å². The zero-order valence-electron chi connectivity index (χ0n) is 16.5. The summed E-state index contributed by atoms with van der Waals surface area (Å²) in [6.45, 7) is 0.966. The monoisotopic (exact) mass is 425 g/mol. The molecule has 3 aromatic rings. The Balaban J connectivity index is 1.43. The van der Waals surface area contributed by atoms with Gasteiger partial charge in [0.15, 0.2) is 0 Å². The normalized spacial score (nSPS) is 10.8. The highest BCUT2D eigenvalue weighted by Crippen LogP contribution is 2.20. The van der Waals surface area contributed by atoms with Gasteiger partial charge in [-0.15, -0.1) is 0 Å². The molecule has 6 nitrogen and oxygen atoms in total. The third-order valence-electron chi connectivity index (χ3n) is 4.54. The molecule has 8 heteroatoms. The highest BCUT2D eigenvalue weighted by Gasteiger charge is 2.09. The summed E-state index contributed by atoms with van der Waals surface area (Å²) in [6, 6.07) is 14.9. The number of nitriles is 1. The zero-order chi connectivity index (χ0) is 21.5. The number of aryl methyl sites for hydroxylation is 1. The number of rotatable bonds is 8. The number of aromatic nitrogens is 2. The Morgan fingerprint density at radius 3 is 2.73 bits per heavy atom. The van der Waals surface area contributed by atoms with Crippen molar-refractivity contribution in [3.8, 4) is 17.3 Å². The van der Waals surface area contributed by atoms with E-state index in [4.69, 9.17) is 16.9 Å². The van der Waals surface area contributed by atoms with Crippen LogP contribution in [0.5, 0.6) is 0 Å². The molecule has 0 aliphatic rings. The molecule has 0 saturated heterocycles. The molecule has 0 spiro atoms. The van der Waals surface area contributed by atoms with E-state index >= 15 is 0 Å². The minimum atomic E-state index is -0.274. The molecule has 0 saturated carbocycles. The third-order valence-corrected chi connectivity index (χ3v) is 4.86. The fraction of sp³-hybridized carbons (Fsp3) is 0.227. The second kappa shape index (κ2) is 10.0. The number of H-pyrrole nitrogens is 1. The van der Waals surface area contributed by atoms with Crippen LogP contribution in [0.2, 0.25) is 5.02 Å². The van der Waals surface area contributed by atoms with Crippen molar-refractivity contribution >= 4 is 23.2 Å². The van der Waals surface area contributed by atoms with Crippen molar-refractivity contribution < 1.29 is 9.18 Å². The van der Waals surface area contributed by atoms with Gasteiger partial charge in [-0.3, -0.25) is 14.8 Å². The topological polar surface area (TPSA) is 84.8 Å². The summed E-state index contributed by atoms with van der Waals surface area (Å²) in [5.74, 6) is -0.428. The van der Waals surface area contributed by atoms with Crippen molar-refractivity contribution in [2.24, 2.45) is 0 Å². The molecule has 0 bridgehead atoms. The molecule has 1 aromatic heterocycles. The average Bonchev–Trinajstić information content (AvgIpc) is 3.17. The van der Waals surface area contributed by atoms with Gasteiger partial charge >= 0.3 is 0 Å². The second-order valence-electron chi connectivity index (χ2n) is 6.98. The minimum Gasteiger partial charge on any atom is -0.325 e. The highest BCUT2D eigenvalue weighted by atomic mass is 35.5. The number of aromatic amines is 1. The second-order valence-corrected chi connectivity index (χ2v) is 7.39. The van der Waals surface area contributed by atoms with E-state index in [1.807, 2.05) is 24.1 Å². The predicted molar refractivity (Wildman–Crippen MR) is 115 cm³/mol. The molecule has 0 aliphatic carbocycles. The summed E-state index contributed by atoms with van der Waals surface area (Å²) < 4.78 is 13.0. The van der Waals surface area contributed by atoms with Gasteiger partial charge < -0.3 is 5.32 Å². The summed E-state index contributed by atoms with van der Waals surface area (Å²) in [5, 5.41) is 19.3. The van der Waals surface area contributed by atoms with E-state index in [0.29, 0.717) is 16.3 Å². The van der Waals surface area contributed by atoms with E-state index in [-0.39, 0.29) is 18.3 Å². The lowest BCUT2D eigenvalue weighted by Gasteiger charge is -2.16. The lowest BCUT2D eigenvalue weighted by Crippen LogP contribution is -2.31. The molecule has 2 N–H and O–H groups in total. The van der Waals surface area contributed by atoms with Crippen LogP contribution in [0.3, 0.4) is 0 Å². The van der Waals surface area contributed by atoms with Crippen molar-refractivity contribution in [2.75, 3.05) is 25.5 Å². The summed E-state index contributed by atoms with van der Waals surface area (Å²) in [5.41, 5.74) is 3.55. The Kier molecular flexibility index (Phi) is 7.17. The van der Waals surface area contributed by atoms with Crippen molar-refractivity contribution in [1.82, 2.24) is 15.1 Å². The van der Waals surface area contributed by atoms with E-state index in [9.17, 15) is 9.18 Å². The maximum absolute atomic E-state index is 13.0. The average molecular weight is 426 g/mol. The minimum absolute atomic E-state index is 0.154. The molecule has 3 rings (SSSR count). The number of hydrogen-bond donors (Lipinski definition) is 2. The molecule has 0 atom stereocenters. The molecule has 2 aromatic carbocycles. The Bertz CT molecular complexity index is 1060. The van der Waals surface area contributed by atoms with E-state index in [2.05, 4.69) is 15.5 Å². The molecule has 0 unspecified atom stereocenters. The van der Waals surface area contributed by atoms with Crippen molar-refractivity contribution in [2.45, 2.75) is 12.8 Å². The maximum Gasteiger partial charge on any atom is 0.238 e. The molecule has 154 valence electrons. The van der Waals surface area contributed by atoms with Crippen LogP contribution in [0.25, 0.3) is 11.3 Å². The van der Waals surface area contributed by atoms with E-state index < -0.39 is 0 Å². The standard InChI is InChI=1S/C22H21ClFN5O/c1-29(14-22(30)26-18-9-6-16(13-25)20(23)11-18)10-2-3-19-12-21(28-27-19)15-4-7-17(24)8-5-15/h4-9,11-12H,2-3,10,14H2,1H3,(H,26,30)(H,27,28). The first-order valence-corrected chi connectivity index (χ1v) is 9.80. The van der Waals surface area contributed by atoms with Crippen LogP contribution in [0.15, 0.2) is 48.5 Å². The van der Waals surface area contributed by atoms with Crippen LogP contribution in [-0.2, 0) is 11.2 Å². The molecule has 0 fully saturated rings. The van der Waals surface area contributed by atoms with E-state index in [1.165, 1.54) is 12.1 Å². The van der Waals surface area contributed by atoms with Crippen molar-refractivity contribution in [3.63, 3.8) is 0 Å². The van der Waals surface area contributed by atoms with Gasteiger partial charge in [0.2, 0.25) is 5.91 Å². The van der Waals surface area contributed by atoms with Gasteiger partial charge in [0.25, 0.3) is 0 Å². The van der Waals surface area contributed by atoms with Gasteiger partial charge in [0.05, 0.1) is 22.8 Å². The number of benzene rings is 2. The Morgan fingerprint density at radius 1 is 1.27 bits per heavy atom. The number of carbonyl (C=O) groups excluding carboxylic acids is 1. The van der Waals surface area contributed by atoms with Gasteiger partial charge in [-0.25, -0.2) is 4.39 Å².